The van der Waals surface area contributed by atoms with Crippen LogP contribution < -0.4 is 10.9 Å². The van der Waals surface area contributed by atoms with Crippen molar-refractivity contribution in [2.45, 2.75) is 19.3 Å². The second kappa shape index (κ2) is 2.99. The number of fused-ring (bicyclic) bond motifs is 1. The van der Waals surface area contributed by atoms with E-state index in [0.29, 0.717) is 0 Å². The summed E-state index contributed by atoms with van der Waals surface area (Å²) < 4.78 is 1.20. The second-order valence-electron chi connectivity index (χ2n) is 3.00. The van der Waals surface area contributed by atoms with Crippen LogP contribution in [0.25, 0.3) is 0 Å². The van der Waals surface area contributed by atoms with Gasteiger partial charge >= 0.3 is 6.03 Å². The molecule has 0 bridgehead atoms. The molecule has 70 valence electrons. The monoisotopic (exact) mass is 198 g/mol. The third-order valence-corrected chi connectivity index (χ3v) is 3.39. The SMILES string of the molecule is CNC(=O)n1sc2c(c1=O)CCC2. The molecule has 0 unspecified atom stereocenters. The van der Waals surface area contributed by atoms with Crippen LogP contribution in [0, 0.1) is 0 Å². The first kappa shape index (κ1) is 8.50. The normalized spacial score (nSPS) is 14.2. The molecule has 1 aliphatic carbocycles. The summed E-state index contributed by atoms with van der Waals surface area (Å²) in [6.45, 7) is 0. The van der Waals surface area contributed by atoms with E-state index in [4.69, 9.17) is 0 Å². The van der Waals surface area contributed by atoms with Crippen molar-refractivity contribution in [1.29, 1.82) is 0 Å². The quantitative estimate of drug-likeness (QED) is 0.663. The lowest BCUT2D eigenvalue weighted by molar-refractivity contribution is 0.246. The van der Waals surface area contributed by atoms with E-state index in [0.717, 1.165) is 29.7 Å². The largest absolute Gasteiger partial charge is 0.340 e. The minimum Gasteiger partial charge on any atom is -0.340 e. The molecule has 5 heteroatoms. The zero-order valence-corrected chi connectivity index (χ0v) is 8.11. The molecular formula is C8H10N2O2S. The maximum absolute atomic E-state index is 11.6. The first-order chi connectivity index (χ1) is 6.24. The van der Waals surface area contributed by atoms with Crippen LogP contribution in [0.2, 0.25) is 0 Å². The fourth-order valence-corrected chi connectivity index (χ4v) is 2.68. The van der Waals surface area contributed by atoms with Crippen LogP contribution in [0.1, 0.15) is 16.9 Å². The Morgan fingerprint density at radius 2 is 2.31 bits per heavy atom. The van der Waals surface area contributed by atoms with Crippen molar-refractivity contribution in [1.82, 2.24) is 9.27 Å². The Kier molecular flexibility index (Phi) is 1.95. The van der Waals surface area contributed by atoms with E-state index in [1.807, 2.05) is 0 Å². The van der Waals surface area contributed by atoms with Gasteiger partial charge in [0.2, 0.25) is 0 Å². The first-order valence-electron chi connectivity index (χ1n) is 4.20. The van der Waals surface area contributed by atoms with Crippen LogP contribution in [0.3, 0.4) is 0 Å². The second-order valence-corrected chi connectivity index (χ2v) is 4.04. The van der Waals surface area contributed by atoms with E-state index >= 15 is 0 Å². The van der Waals surface area contributed by atoms with Gasteiger partial charge in [0.05, 0.1) is 0 Å². The summed E-state index contributed by atoms with van der Waals surface area (Å²) in [6, 6.07) is -0.329. The van der Waals surface area contributed by atoms with Crippen molar-refractivity contribution in [2.75, 3.05) is 7.05 Å². The molecule has 0 saturated carbocycles. The Morgan fingerprint density at radius 1 is 1.54 bits per heavy atom. The van der Waals surface area contributed by atoms with Gasteiger partial charge in [-0.25, -0.2) is 4.79 Å². The fourth-order valence-electron chi connectivity index (χ4n) is 1.55. The lowest BCUT2D eigenvalue weighted by Gasteiger charge is -1.96. The van der Waals surface area contributed by atoms with Crippen molar-refractivity contribution in [2.24, 2.45) is 0 Å². The maximum Gasteiger partial charge on any atom is 0.337 e. The molecule has 1 aromatic heterocycles. The highest BCUT2D eigenvalue weighted by Crippen LogP contribution is 2.22. The molecule has 1 aliphatic rings. The van der Waals surface area contributed by atoms with Gasteiger partial charge in [-0.2, -0.15) is 3.96 Å². The molecular weight excluding hydrogens is 188 g/mol. The number of rotatable bonds is 0. The molecule has 1 amide bonds. The number of carbonyl (C=O) groups is 1. The standard InChI is InChI=1S/C8H10N2O2S/c1-9-8(12)10-7(11)5-3-2-4-6(5)13-10/h2-4H2,1H3,(H,9,12). The molecule has 0 atom stereocenters. The lowest BCUT2D eigenvalue weighted by atomic mass is 10.3. The lowest BCUT2D eigenvalue weighted by Crippen LogP contribution is -2.31. The van der Waals surface area contributed by atoms with Crippen LogP contribution in [-0.4, -0.2) is 17.0 Å². The van der Waals surface area contributed by atoms with E-state index < -0.39 is 0 Å². The summed E-state index contributed by atoms with van der Waals surface area (Å²) in [6.07, 6.45) is 2.82. The third-order valence-electron chi connectivity index (χ3n) is 2.21. The van der Waals surface area contributed by atoms with Gasteiger partial charge in [-0.3, -0.25) is 4.79 Å². The summed E-state index contributed by atoms with van der Waals surface area (Å²) in [7, 11) is 1.53. The molecule has 0 spiro atoms. The summed E-state index contributed by atoms with van der Waals surface area (Å²) in [4.78, 5) is 23.9. The van der Waals surface area contributed by atoms with Crippen LogP contribution in [-0.2, 0) is 12.8 Å². The van der Waals surface area contributed by atoms with Crippen molar-refractivity contribution in [3.8, 4) is 0 Å². The summed E-state index contributed by atoms with van der Waals surface area (Å²) in [5.41, 5.74) is 0.713. The molecule has 0 aliphatic heterocycles. The number of hydrogen-bond acceptors (Lipinski definition) is 3. The van der Waals surface area contributed by atoms with Gasteiger partial charge < -0.3 is 5.32 Å². The number of nitrogens with one attached hydrogen (secondary N) is 1. The van der Waals surface area contributed by atoms with E-state index in [1.165, 1.54) is 22.5 Å². The van der Waals surface area contributed by atoms with Crippen LogP contribution in [0.5, 0.6) is 0 Å². The average molecular weight is 198 g/mol. The zero-order valence-electron chi connectivity index (χ0n) is 7.29. The van der Waals surface area contributed by atoms with E-state index in [9.17, 15) is 9.59 Å². The van der Waals surface area contributed by atoms with Crippen molar-refractivity contribution in [3.05, 3.63) is 20.8 Å². The van der Waals surface area contributed by atoms with Crippen LogP contribution in [0.15, 0.2) is 4.79 Å². The maximum atomic E-state index is 11.6. The van der Waals surface area contributed by atoms with Gasteiger partial charge in [0.1, 0.15) is 0 Å². The fraction of sp³-hybridized carbons (Fsp3) is 0.500. The number of nitrogens with zero attached hydrogens (tertiary/aromatic N) is 1. The minimum absolute atomic E-state index is 0.128. The third kappa shape index (κ3) is 1.19. The number of amides is 1. The minimum atomic E-state index is -0.329. The molecule has 1 heterocycles. The highest BCUT2D eigenvalue weighted by Gasteiger charge is 2.21. The molecule has 0 aromatic carbocycles. The zero-order chi connectivity index (χ0) is 9.42. The molecule has 0 radical (unpaired) electrons. The molecule has 1 aromatic rings. The Bertz CT molecular complexity index is 405. The average Bonchev–Trinajstić information content (AvgIpc) is 2.68. The molecule has 2 rings (SSSR count). The van der Waals surface area contributed by atoms with Crippen molar-refractivity contribution < 1.29 is 4.79 Å². The Labute approximate surface area is 79.3 Å². The molecule has 4 nitrogen and oxygen atoms in total. The topological polar surface area (TPSA) is 51.1 Å². The van der Waals surface area contributed by atoms with Gasteiger partial charge in [0.25, 0.3) is 5.56 Å². The predicted molar refractivity (Wildman–Crippen MR) is 50.5 cm³/mol. The molecule has 13 heavy (non-hydrogen) atoms. The Hall–Kier alpha value is -1.10. The first-order valence-corrected chi connectivity index (χ1v) is 4.97. The van der Waals surface area contributed by atoms with Gasteiger partial charge in [0.15, 0.2) is 0 Å². The van der Waals surface area contributed by atoms with Gasteiger partial charge in [-0.1, -0.05) is 11.5 Å². The predicted octanol–water partition coefficient (Wildman–Crippen LogP) is 0.586. The van der Waals surface area contributed by atoms with Crippen molar-refractivity contribution in [3.63, 3.8) is 0 Å². The van der Waals surface area contributed by atoms with Crippen molar-refractivity contribution >= 4 is 17.6 Å². The summed E-state index contributed by atoms with van der Waals surface area (Å²) in [5.74, 6) is 0. The van der Waals surface area contributed by atoms with E-state index in [-0.39, 0.29) is 11.6 Å². The van der Waals surface area contributed by atoms with Gasteiger partial charge in [0, 0.05) is 17.5 Å². The number of aryl methyl sites for hydroxylation is 1. The van der Waals surface area contributed by atoms with Crippen LogP contribution >= 0.6 is 11.5 Å². The van der Waals surface area contributed by atoms with Gasteiger partial charge in [-0.05, 0) is 19.3 Å². The smallest absolute Gasteiger partial charge is 0.337 e. The molecule has 0 fully saturated rings. The number of hydrogen-bond donors (Lipinski definition) is 1. The molecule has 1 N–H and O–H groups in total. The highest BCUT2D eigenvalue weighted by molar-refractivity contribution is 7.07. The summed E-state index contributed by atoms with van der Waals surface area (Å²) >= 11 is 1.27. The Morgan fingerprint density at radius 3 is 2.92 bits per heavy atom. The Balaban J connectivity index is 2.51. The van der Waals surface area contributed by atoms with Crippen LogP contribution in [0.4, 0.5) is 4.79 Å². The highest BCUT2D eigenvalue weighted by atomic mass is 32.1. The molecule has 0 saturated heterocycles. The number of aromatic nitrogens is 1. The van der Waals surface area contributed by atoms with E-state index in [1.54, 1.807) is 0 Å². The number of carbonyl (C=O) groups excluding carboxylic acids is 1. The summed E-state index contributed by atoms with van der Waals surface area (Å²) in [5, 5.41) is 2.45. The van der Waals surface area contributed by atoms with Gasteiger partial charge in [-0.15, -0.1) is 0 Å². The van der Waals surface area contributed by atoms with E-state index in [2.05, 4.69) is 5.32 Å².